The number of aromatic nitrogens is 1. The van der Waals surface area contributed by atoms with E-state index >= 15 is 0 Å². The molecule has 0 radical (unpaired) electrons. The van der Waals surface area contributed by atoms with Crippen LogP contribution in [-0.4, -0.2) is 37.4 Å². The van der Waals surface area contributed by atoms with Crippen molar-refractivity contribution in [3.05, 3.63) is 24.3 Å². The lowest BCUT2D eigenvalue weighted by molar-refractivity contribution is -0.119. The third-order valence-corrected chi connectivity index (χ3v) is 3.31. The number of nitrogens with one attached hydrogen (secondary N) is 2. The van der Waals surface area contributed by atoms with Crippen LogP contribution in [0.25, 0.3) is 11.1 Å². The first kappa shape index (κ1) is 14.7. The molecule has 2 aromatic rings. The van der Waals surface area contributed by atoms with Gasteiger partial charge in [-0.25, -0.2) is 8.42 Å². The predicted octanol–water partition coefficient (Wildman–Crippen LogP) is 0.614. The highest BCUT2D eigenvalue weighted by Crippen LogP contribution is 2.18. The van der Waals surface area contributed by atoms with Gasteiger partial charge >= 0.3 is 0 Å². The van der Waals surface area contributed by atoms with Gasteiger partial charge in [-0.3, -0.25) is 9.52 Å². The van der Waals surface area contributed by atoms with Gasteiger partial charge < -0.3 is 9.73 Å². The van der Waals surface area contributed by atoms with Gasteiger partial charge in [0.25, 0.3) is 11.9 Å². The van der Waals surface area contributed by atoms with Gasteiger partial charge in [-0.05, 0) is 12.1 Å². The van der Waals surface area contributed by atoms with Crippen LogP contribution in [0.15, 0.2) is 28.7 Å². The minimum absolute atomic E-state index is 0.0834. The Morgan fingerprint density at radius 2 is 2.15 bits per heavy atom. The Hall–Kier alpha value is -1.74. The Bertz CT molecular complexity index is 693. The smallest absolute Gasteiger partial charge is 0.296 e. The van der Waals surface area contributed by atoms with E-state index in [4.69, 9.17) is 4.42 Å². The van der Waals surface area contributed by atoms with Crippen LogP contribution in [0, 0.1) is 0 Å². The highest BCUT2D eigenvalue weighted by molar-refractivity contribution is 7.89. The molecule has 1 aromatic heterocycles. The molecule has 0 aliphatic heterocycles. The van der Waals surface area contributed by atoms with Gasteiger partial charge in [0, 0.05) is 5.75 Å². The van der Waals surface area contributed by atoms with Crippen LogP contribution in [0.4, 0.5) is 6.01 Å². The van der Waals surface area contributed by atoms with Gasteiger partial charge in [-0.1, -0.05) is 12.1 Å². The monoisotopic (exact) mass is 315 g/mol. The molecule has 9 heteroatoms. The summed E-state index contributed by atoms with van der Waals surface area (Å²) in [6.45, 7) is 0. The van der Waals surface area contributed by atoms with E-state index in [1.54, 1.807) is 24.3 Å². The van der Waals surface area contributed by atoms with Crippen LogP contribution in [-0.2, 0) is 14.8 Å². The van der Waals surface area contributed by atoms with E-state index in [2.05, 4.69) is 22.9 Å². The Balaban J connectivity index is 2.15. The summed E-state index contributed by atoms with van der Waals surface area (Å²) in [6, 6.07) is 6.36. The largest absolute Gasteiger partial charge is 0.424 e. The number of amides is 1. The molecule has 0 aliphatic carbocycles. The maximum Gasteiger partial charge on any atom is 0.296 e. The molecule has 0 aliphatic rings. The molecule has 0 spiro atoms. The Morgan fingerprint density at radius 3 is 2.75 bits per heavy atom. The molecule has 0 fully saturated rings. The van der Waals surface area contributed by atoms with Crippen LogP contribution >= 0.6 is 12.6 Å². The van der Waals surface area contributed by atoms with E-state index in [9.17, 15) is 13.2 Å². The van der Waals surface area contributed by atoms with Crippen molar-refractivity contribution in [1.29, 1.82) is 0 Å². The van der Waals surface area contributed by atoms with Gasteiger partial charge in [-0.2, -0.15) is 17.6 Å². The van der Waals surface area contributed by atoms with Crippen molar-refractivity contribution in [1.82, 2.24) is 9.71 Å². The number of fused-ring (bicyclic) bond motifs is 1. The second kappa shape index (κ2) is 5.71. The lowest BCUT2D eigenvalue weighted by Crippen LogP contribution is -2.43. The van der Waals surface area contributed by atoms with Crippen molar-refractivity contribution in [3.63, 3.8) is 0 Å². The lowest BCUT2D eigenvalue weighted by Gasteiger charge is -2.13. The van der Waals surface area contributed by atoms with Gasteiger partial charge in [0.05, 0.1) is 6.26 Å². The molecule has 0 unspecified atom stereocenters. The second-order valence-corrected chi connectivity index (χ2v) is 6.22. The number of para-hydroxylation sites is 2. The molecule has 20 heavy (non-hydrogen) atoms. The summed E-state index contributed by atoms with van der Waals surface area (Å²) in [5.74, 6) is -0.634. The third-order valence-electron chi connectivity index (χ3n) is 2.38. The van der Waals surface area contributed by atoms with Crippen molar-refractivity contribution in [2.24, 2.45) is 0 Å². The van der Waals surface area contributed by atoms with E-state index in [-0.39, 0.29) is 11.8 Å². The number of oxazole rings is 1. The second-order valence-electron chi connectivity index (χ2n) is 4.10. The fourth-order valence-corrected chi connectivity index (χ4v) is 2.30. The van der Waals surface area contributed by atoms with E-state index in [0.717, 1.165) is 6.26 Å². The number of nitrogens with zero attached hydrogens (tertiary/aromatic N) is 1. The zero-order valence-corrected chi connectivity index (χ0v) is 12.2. The molecule has 0 saturated carbocycles. The predicted molar refractivity (Wildman–Crippen MR) is 78.3 cm³/mol. The zero-order chi connectivity index (χ0) is 14.8. The summed E-state index contributed by atoms with van der Waals surface area (Å²) < 4.78 is 29.3. The summed E-state index contributed by atoms with van der Waals surface area (Å²) in [4.78, 5) is 15.9. The topological polar surface area (TPSA) is 101 Å². The van der Waals surface area contributed by atoms with Crippen molar-refractivity contribution >= 4 is 45.7 Å². The van der Waals surface area contributed by atoms with Crippen molar-refractivity contribution < 1.29 is 17.6 Å². The number of benzene rings is 1. The fourth-order valence-electron chi connectivity index (χ4n) is 1.53. The minimum Gasteiger partial charge on any atom is -0.424 e. The first-order chi connectivity index (χ1) is 9.39. The van der Waals surface area contributed by atoms with Crippen molar-refractivity contribution in [2.45, 2.75) is 6.04 Å². The van der Waals surface area contributed by atoms with Crippen LogP contribution in [0.5, 0.6) is 0 Å². The maximum atomic E-state index is 11.7. The molecule has 0 bridgehead atoms. The summed E-state index contributed by atoms with van der Waals surface area (Å²) in [6.07, 6.45) is 0.903. The van der Waals surface area contributed by atoms with E-state index in [1.807, 2.05) is 4.72 Å². The van der Waals surface area contributed by atoms with Gasteiger partial charge in [0.15, 0.2) is 5.58 Å². The molecule has 1 amide bonds. The third kappa shape index (κ3) is 3.64. The van der Waals surface area contributed by atoms with E-state index in [1.165, 1.54) is 0 Å². The maximum absolute atomic E-state index is 11.7. The van der Waals surface area contributed by atoms with E-state index in [0.29, 0.717) is 11.1 Å². The first-order valence-electron chi connectivity index (χ1n) is 5.63. The molecule has 108 valence electrons. The summed E-state index contributed by atoms with van der Waals surface area (Å²) in [5, 5.41) is 2.71. The average molecular weight is 315 g/mol. The summed E-state index contributed by atoms with van der Waals surface area (Å²) >= 11 is 4.01. The van der Waals surface area contributed by atoms with Crippen molar-refractivity contribution in [3.8, 4) is 0 Å². The van der Waals surface area contributed by atoms with Crippen LogP contribution in [0.2, 0.25) is 0 Å². The highest BCUT2D eigenvalue weighted by atomic mass is 32.2. The summed E-state index contributed by atoms with van der Waals surface area (Å²) in [5.41, 5.74) is 1.20. The number of carbonyl (C=O) groups is 1. The SMILES string of the molecule is CS(=O)(=O)NC(=O)[C@H](CS)Nc1nc2ccccc2o1. The minimum atomic E-state index is -3.62. The Labute approximate surface area is 121 Å². The van der Waals surface area contributed by atoms with Crippen molar-refractivity contribution in [2.75, 3.05) is 17.3 Å². The molecule has 1 aromatic carbocycles. The van der Waals surface area contributed by atoms with Gasteiger partial charge in [0.2, 0.25) is 10.0 Å². The lowest BCUT2D eigenvalue weighted by atomic mass is 10.3. The van der Waals surface area contributed by atoms with Crippen LogP contribution in [0.1, 0.15) is 0 Å². The number of rotatable bonds is 5. The first-order valence-corrected chi connectivity index (χ1v) is 8.16. The quantitative estimate of drug-likeness (QED) is 0.699. The zero-order valence-electron chi connectivity index (χ0n) is 10.5. The fraction of sp³-hybridized carbons (Fsp3) is 0.273. The standard InChI is InChI=1S/C11H13N3O4S2/c1-20(16,17)14-10(15)8(6-19)13-11-12-7-4-2-3-5-9(7)18-11/h2-5,8,19H,6H2,1H3,(H,12,13)(H,14,15)/t8-/m0/s1. The number of thiol groups is 1. The molecule has 2 rings (SSSR count). The molecule has 2 N–H and O–H groups in total. The highest BCUT2D eigenvalue weighted by Gasteiger charge is 2.21. The molecular weight excluding hydrogens is 302 g/mol. The Morgan fingerprint density at radius 1 is 1.45 bits per heavy atom. The summed E-state index contributed by atoms with van der Waals surface area (Å²) in [7, 11) is -3.62. The van der Waals surface area contributed by atoms with Gasteiger partial charge in [0.1, 0.15) is 11.6 Å². The van der Waals surface area contributed by atoms with Crippen LogP contribution < -0.4 is 10.0 Å². The number of hydrogen-bond acceptors (Lipinski definition) is 7. The normalized spacial score (nSPS) is 13.1. The number of carbonyl (C=O) groups excluding carboxylic acids is 1. The Kier molecular flexibility index (Phi) is 4.19. The van der Waals surface area contributed by atoms with Crippen LogP contribution in [0.3, 0.4) is 0 Å². The van der Waals surface area contributed by atoms with E-state index < -0.39 is 22.0 Å². The average Bonchev–Trinajstić information content (AvgIpc) is 2.75. The molecular formula is C11H13N3O4S2. The number of anilines is 1. The number of sulfonamides is 1. The molecule has 0 saturated heterocycles. The van der Waals surface area contributed by atoms with Gasteiger partial charge in [-0.15, -0.1) is 0 Å². The number of hydrogen-bond donors (Lipinski definition) is 3. The molecule has 7 nitrogen and oxygen atoms in total. The molecule has 1 atom stereocenters. The molecule has 1 heterocycles.